The Morgan fingerprint density at radius 2 is 1.93 bits per heavy atom. The fourth-order valence-electron chi connectivity index (χ4n) is 2.75. The van der Waals surface area contributed by atoms with Gasteiger partial charge in [0.1, 0.15) is 5.69 Å². The van der Waals surface area contributed by atoms with Gasteiger partial charge in [0.15, 0.2) is 0 Å². The number of carbonyl (C=O) groups excluding carboxylic acids is 1. The van der Waals surface area contributed by atoms with Gasteiger partial charge in [0.25, 0.3) is 5.69 Å². The molecule has 10 heteroatoms. The number of amides is 1. The zero-order valence-corrected chi connectivity index (χ0v) is 14.3. The number of anilines is 1. The van der Waals surface area contributed by atoms with E-state index >= 15 is 0 Å². The number of hydrogen-bond donors (Lipinski definition) is 3. The van der Waals surface area contributed by atoms with Gasteiger partial charge in [0, 0.05) is 29.6 Å². The number of nitrogens with zero attached hydrogens (tertiary/aromatic N) is 1. The van der Waals surface area contributed by atoms with E-state index in [1.807, 2.05) is 24.3 Å². The number of H-pyrrole nitrogens is 1. The minimum atomic E-state index is -4.70. The number of fused-ring (bicyclic) bond motifs is 1. The maximum Gasteiger partial charge on any atom is 0.416 e. The predicted molar refractivity (Wildman–Crippen MR) is 96.5 cm³/mol. The Hall–Kier alpha value is -3.56. The zero-order chi connectivity index (χ0) is 20.3. The standard InChI is InChI=1S/C18H15F3N4O3/c19-18(20,21)12-6-7-15(16(9-12)25(27)28)23-24-17(26)8-5-11-10-22-14-4-2-1-3-13(11)14/h1-4,6-7,9-10,22-23H,5,8H2,(H,24,26). The minimum absolute atomic E-state index is 0.0866. The summed E-state index contributed by atoms with van der Waals surface area (Å²) in [5.74, 6) is -0.459. The molecule has 0 saturated heterocycles. The number of aromatic amines is 1. The summed E-state index contributed by atoms with van der Waals surface area (Å²) in [6.45, 7) is 0. The normalized spacial score (nSPS) is 11.4. The van der Waals surface area contributed by atoms with Crippen molar-refractivity contribution >= 4 is 28.2 Å². The second-order valence-electron chi connectivity index (χ2n) is 6.02. The summed E-state index contributed by atoms with van der Waals surface area (Å²) in [5.41, 5.74) is 4.31. The van der Waals surface area contributed by atoms with Crippen LogP contribution in [0.1, 0.15) is 17.5 Å². The van der Waals surface area contributed by atoms with Crippen molar-refractivity contribution in [3.8, 4) is 0 Å². The molecule has 28 heavy (non-hydrogen) atoms. The Labute approximate surface area is 156 Å². The van der Waals surface area contributed by atoms with Crippen LogP contribution in [0.2, 0.25) is 0 Å². The highest BCUT2D eigenvalue weighted by Gasteiger charge is 2.33. The molecule has 7 nitrogen and oxygen atoms in total. The Bertz CT molecular complexity index is 1030. The highest BCUT2D eigenvalue weighted by Crippen LogP contribution is 2.34. The van der Waals surface area contributed by atoms with E-state index in [1.54, 1.807) is 6.20 Å². The fourth-order valence-corrected chi connectivity index (χ4v) is 2.75. The SMILES string of the molecule is O=C(CCc1c[nH]c2ccccc12)NNc1ccc(C(F)(F)F)cc1[N+](=O)[O-]. The molecule has 0 bridgehead atoms. The van der Waals surface area contributed by atoms with Crippen LogP contribution < -0.4 is 10.9 Å². The van der Waals surface area contributed by atoms with Crippen molar-refractivity contribution in [2.45, 2.75) is 19.0 Å². The number of para-hydroxylation sites is 1. The van der Waals surface area contributed by atoms with Gasteiger partial charge in [-0.2, -0.15) is 13.2 Å². The van der Waals surface area contributed by atoms with E-state index in [1.165, 1.54) is 0 Å². The van der Waals surface area contributed by atoms with Gasteiger partial charge in [0.05, 0.1) is 10.5 Å². The van der Waals surface area contributed by atoms with Crippen LogP contribution in [0.3, 0.4) is 0 Å². The lowest BCUT2D eigenvalue weighted by Crippen LogP contribution is -2.29. The van der Waals surface area contributed by atoms with E-state index in [2.05, 4.69) is 15.8 Å². The van der Waals surface area contributed by atoms with Crippen LogP contribution in [-0.4, -0.2) is 15.8 Å². The second-order valence-corrected chi connectivity index (χ2v) is 6.02. The smallest absolute Gasteiger partial charge is 0.361 e. The average molecular weight is 392 g/mol. The molecule has 0 aliphatic rings. The maximum atomic E-state index is 12.7. The molecule has 0 aliphatic heterocycles. The zero-order valence-electron chi connectivity index (χ0n) is 14.3. The number of carbonyl (C=O) groups is 1. The van der Waals surface area contributed by atoms with Crippen molar-refractivity contribution in [3.05, 3.63) is 69.9 Å². The van der Waals surface area contributed by atoms with Gasteiger partial charge in [-0.3, -0.25) is 25.8 Å². The molecule has 3 rings (SSSR count). The van der Waals surface area contributed by atoms with E-state index in [-0.39, 0.29) is 12.1 Å². The fraction of sp³-hybridized carbons (Fsp3) is 0.167. The van der Waals surface area contributed by atoms with Gasteiger partial charge in [-0.25, -0.2) is 0 Å². The van der Waals surface area contributed by atoms with Gasteiger partial charge < -0.3 is 4.98 Å². The van der Waals surface area contributed by atoms with Crippen molar-refractivity contribution in [3.63, 3.8) is 0 Å². The molecule has 1 heterocycles. The number of aryl methyl sites for hydroxylation is 1. The van der Waals surface area contributed by atoms with Crippen LogP contribution in [0.15, 0.2) is 48.7 Å². The molecule has 1 aromatic heterocycles. The number of hydrazine groups is 1. The quantitative estimate of drug-likeness (QED) is 0.433. The number of aromatic nitrogens is 1. The summed E-state index contributed by atoms with van der Waals surface area (Å²) in [4.78, 5) is 25.2. The molecular formula is C18H15F3N4O3. The van der Waals surface area contributed by atoms with Gasteiger partial charge in [-0.15, -0.1) is 0 Å². The summed E-state index contributed by atoms with van der Waals surface area (Å²) >= 11 is 0. The van der Waals surface area contributed by atoms with Gasteiger partial charge in [0.2, 0.25) is 5.91 Å². The lowest BCUT2D eigenvalue weighted by Gasteiger charge is -2.11. The number of benzene rings is 2. The van der Waals surface area contributed by atoms with Crippen LogP contribution >= 0.6 is 0 Å². The van der Waals surface area contributed by atoms with E-state index in [9.17, 15) is 28.1 Å². The molecule has 0 radical (unpaired) electrons. The molecule has 3 aromatic rings. The molecule has 0 atom stereocenters. The number of nitro groups is 1. The molecule has 0 aliphatic carbocycles. The van der Waals surface area contributed by atoms with Crippen molar-refractivity contribution in [1.82, 2.24) is 10.4 Å². The van der Waals surface area contributed by atoms with E-state index in [0.717, 1.165) is 22.5 Å². The Morgan fingerprint density at radius 1 is 1.18 bits per heavy atom. The molecule has 146 valence electrons. The van der Waals surface area contributed by atoms with Gasteiger partial charge in [-0.05, 0) is 30.2 Å². The highest BCUT2D eigenvalue weighted by molar-refractivity contribution is 5.84. The molecule has 3 N–H and O–H groups in total. The summed E-state index contributed by atoms with van der Waals surface area (Å²) in [7, 11) is 0. The molecule has 0 unspecified atom stereocenters. The van der Waals surface area contributed by atoms with Crippen LogP contribution in [0.4, 0.5) is 24.5 Å². The number of rotatable bonds is 6. The Balaban J connectivity index is 1.63. The molecule has 0 spiro atoms. The van der Waals surface area contributed by atoms with Crippen molar-refractivity contribution in [2.75, 3.05) is 5.43 Å². The molecule has 2 aromatic carbocycles. The average Bonchev–Trinajstić information content (AvgIpc) is 3.07. The third-order valence-corrected chi connectivity index (χ3v) is 4.15. The highest BCUT2D eigenvalue weighted by atomic mass is 19.4. The van der Waals surface area contributed by atoms with Crippen molar-refractivity contribution in [1.29, 1.82) is 0 Å². The largest absolute Gasteiger partial charge is 0.416 e. The molecule has 0 saturated carbocycles. The summed E-state index contributed by atoms with van der Waals surface area (Å²) in [5, 5.41) is 12.0. The van der Waals surface area contributed by atoms with E-state index in [4.69, 9.17) is 0 Å². The summed E-state index contributed by atoms with van der Waals surface area (Å²) < 4.78 is 38.1. The molecule has 0 fully saturated rings. The third-order valence-electron chi connectivity index (χ3n) is 4.15. The Kier molecular flexibility index (Phi) is 5.21. The van der Waals surface area contributed by atoms with Crippen molar-refractivity contribution < 1.29 is 22.9 Å². The number of nitro benzene ring substituents is 1. The number of halogens is 3. The third kappa shape index (κ3) is 4.22. The van der Waals surface area contributed by atoms with Crippen molar-refractivity contribution in [2.24, 2.45) is 0 Å². The van der Waals surface area contributed by atoms with Crippen LogP contribution in [0, 0.1) is 10.1 Å². The first-order valence-electron chi connectivity index (χ1n) is 8.21. The van der Waals surface area contributed by atoms with Crippen LogP contribution in [-0.2, 0) is 17.4 Å². The topological polar surface area (TPSA) is 100 Å². The van der Waals surface area contributed by atoms with Crippen LogP contribution in [0.5, 0.6) is 0 Å². The predicted octanol–water partition coefficient (Wildman–Crippen LogP) is 4.17. The van der Waals surface area contributed by atoms with Crippen LogP contribution in [0.25, 0.3) is 10.9 Å². The first-order valence-corrected chi connectivity index (χ1v) is 8.21. The number of alkyl halides is 3. The maximum absolute atomic E-state index is 12.7. The summed E-state index contributed by atoms with van der Waals surface area (Å²) in [6.07, 6.45) is -2.39. The van der Waals surface area contributed by atoms with E-state index in [0.29, 0.717) is 18.6 Å². The second kappa shape index (κ2) is 7.59. The number of nitrogens with one attached hydrogen (secondary N) is 3. The minimum Gasteiger partial charge on any atom is -0.361 e. The first kappa shape index (κ1) is 19.2. The van der Waals surface area contributed by atoms with Gasteiger partial charge >= 0.3 is 6.18 Å². The monoisotopic (exact) mass is 392 g/mol. The molecular weight excluding hydrogens is 377 g/mol. The Morgan fingerprint density at radius 3 is 2.64 bits per heavy atom. The lowest BCUT2D eigenvalue weighted by atomic mass is 10.1. The number of hydrogen-bond acceptors (Lipinski definition) is 4. The molecule has 1 amide bonds. The summed E-state index contributed by atoms with van der Waals surface area (Å²) in [6, 6.07) is 9.61. The van der Waals surface area contributed by atoms with E-state index < -0.39 is 28.3 Å². The lowest BCUT2D eigenvalue weighted by molar-refractivity contribution is -0.384. The first-order chi connectivity index (χ1) is 13.3. The van der Waals surface area contributed by atoms with Gasteiger partial charge in [-0.1, -0.05) is 18.2 Å².